The molecular weight excluding hydrogens is 376 g/mol. The molecule has 2 aromatic carbocycles. The maximum Gasteiger partial charge on any atom is 0.308 e. The number of anilines is 2. The molecule has 6 nitrogen and oxygen atoms in total. The van der Waals surface area contributed by atoms with Crippen LogP contribution in [0.1, 0.15) is 22.8 Å². The van der Waals surface area contributed by atoms with Crippen LogP contribution in [0.4, 0.5) is 11.5 Å². The minimum absolute atomic E-state index is 0.0602. The first kappa shape index (κ1) is 18.3. The van der Waals surface area contributed by atoms with Gasteiger partial charge in [-0.25, -0.2) is 0 Å². The van der Waals surface area contributed by atoms with E-state index in [0.717, 1.165) is 16.2 Å². The molecule has 0 N–H and O–H groups in total. The Morgan fingerprint density at radius 1 is 1.00 bits per heavy atom. The molecule has 0 bridgehead atoms. The van der Waals surface area contributed by atoms with Gasteiger partial charge in [-0.2, -0.15) is 0 Å². The second kappa shape index (κ2) is 7.16. The van der Waals surface area contributed by atoms with Crippen LogP contribution in [0.5, 0.6) is 11.5 Å². The Labute approximate surface area is 166 Å². The van der Waals surface area contributed by atoms with E-state index < -0.39 is 0 Å². The molecule has 3 aromatic rings. The molecule has 1 aliphatic heterocycles. The highest BCUT2D eigenvalue weighted by Crippen LogP contribution is 2.45. The second-order valence-electron chi connectivity index (χ2n) is 6.58. The molecule has 1 amide bonds. The van der Waals surface area contributed by atoms with E-state index >= 15 is 0 Å². The van der Waals surface area contributed by atoms with Crippen LogP contribution >= 0.6 is 11.3 Å². The Hall–Kier alpha value is -3.06. The molecule has 4 rings (SSSR count). The topological polar surface area (TPSA) is 60.8 Å². The summed E-state index contributed by atoms with van der Waals surface area (Å²) in [6.07, 6.45) is 0.288. The summed E-state index contributed by atoms with van der Waals surface area (Å²) < 4.78 is 12.1. The highest BCUT2D eigenvalue weighted by Gasteiger charge is 2.37. The van der Waals surface area contributed by atoms with Crippen LogP contribution < -0.4 is 19.2 Å². The van der Waals surface area contributed by atoms with E-state index in [0.29, 0.717) is 17.3 Å². The van der Waals surface area contributed by atoms with Crippen molar-refractivity contribution in [2.45, 2.75) is 12.3 Å². The molecule has 28 heavy (non-hydrogen) atoms. The summed E-state index contributed by atoms with van der Waals surface area (Å²) in [5.41, 5.74) is 1.68. The molecule has 0 fully saturated rings. The van der Waals surface area contributed by atoms with Crippen LogP contribution in [-0.2, 0) is 11.8 Å². The zero-order valence-corrected chi connectivity index (χ0v) is 16.7. The number of thiazole rings is 1. The lowest BCUT2D eigenvalue weighted by Gasteiger charge is -2.32. The number of ether oxygens (including phenoxy) is 2. The standard InChI is InChI=1S/C21H20N2O4S/c1-22-20-19(28-21(22)25)17(13-7-9-15(26-2)10-8-13)12-18(24)23(20)14-5-4-6-16(11-14)27-3/h4-11,17H,12H2,1-3H3/t17-/m1/s1. The molecule has 0 radical (unpaired) electrons. The van der Waals surface area contributed by atoms with E-state index in [1.807, 2.05) is 42.5 Å². The molecule has 144 valence electrons. The number of carbonyl (C=O) groups is 1. The number of amides is 1. The van der Waals surface area contributed by atoms with E-state index in [9.17, 15) is 9.59 Å². The van der Waals surface area contributed by atoms with Crippen molar-refractivity contribution >= 4 is 28.7 Å². The van der Waals surface area contributed by atoms with Gasteiger partial charge < -0.3 is 9.47 Å². The molecule has 7 heteroatoms. The van der Waals surface area contributed by atoms with Crippen molar-refractivity contribution in [3.05, 3.63) is 68.6 Å². The van der Waals surface area contributed by atoms with Crippen molar-refractivity contribution in [3.8, 4) is 11.5 Å². The number of benzene rings is 2. The Bertz CT molecular complexity index is 1080. The monoisotopic (exact) mass is 396 g/mol. The summed E-state index contributed by atoms with van der Waals surface area (Å²) in [4.78, 5) is 28.1. The van der Waals surface area contributed by atoms with Crippen molar-refractivity contribution in [2.24, 2.45) is 7.05 Å². The predicted octanol–water partition coefficient (Wildman–Crippen LogP) is 3.66. The number of hydrogen-bond acceptors (Lipinski definition) is 5. The van der Waals surface area contributed by atoms with Crippen LogP contribution in [0.2, 0.25) is 0 Å². The van der Waals surface area contributed by atoms with Gasteiger partial charge >= 0.3 is 4.87 Å². The number of nitrogens with zero attached hydrogens (tertiary/aromatic N) is 2. The van der Waals surface area contributed by atoms with Crippen molar-refractivity contribution < 1.29 is 14.3 Å². The third-order valence-corrected chi connectivity index (χ3v) is 6.13. The average Bonchev–Trinajstić information content (AvgIpc) is 3.02. The van der Waals surface area contributed by atoms with Gasteiger partial charge in [0.05, 0.1) is 24.8 Å². The minimum atomic E-state index is -0.158. The average molecular weight is 396 g/mol. The largest absolute Gasteiger partial charge is 0.497 e. The summed E-state index contributed by atoms with van der Waals surface area (Å²) in [5, 5.41) is 0. The van der Waals surface area contributed by atoms with Gasteiger partial charge in [-0.15, -0.1) is 0 Å². The van der Waals surface area contributed by atoms with Gasteiger partial charge in [0.1, 0.15) is 17.3 Å². The molecule has 1 atom stereocenters. The van der Waals surface area contributed by atoms with Crippen molar-refractivity contribution in [2.75, 3.05) is 19.1 Å². The predicted molar refractivity (Wildman–Crippen MR) is 109 cm³/mol. The second-order valence-corrected chi connectivity index (χ2v) is 7.57. The first-order chi connectivity index (χ1) is 13.5. The molecule has 0 spiro atoms. The molecule has 1 aromatic heterocycles. The fraction of sp³-hybridized carbons (Fsp3) is 0.238. The quantitative estimate of drug-likeness (QED) is 0.675. The summed E-state index contributed by atoms with van der Waals surface area (Å²) in [5.74, 6) is 1.82. The number of methoxy groups -OCH3 is 2. The van der Waals surface area contributed by atoms with E-state index in [2.05, 4.69) is 0 Å². The van der Waals surface area contributed by atoms with Crippen LogP contribution in [0.25, 0.3) is 0 Å². The lowest BCUT2D eigenvalue weighted by molar-refractivity contribution is -0.118. The maximum absolute atomic E-state index is 13.2. The van der Waals surface area contributed by atoms with Gasteiger partial charge in [-0.3, -0.25) is 19.1 Å². The van der Waals surface area contributed by atoms with Gasteiger partial charge in [0.2, 0.25) is 5.91 Å². The highest BCUT2D eigenvalue weighted by atomic mass is 32.1. The minimum Gasteiger partial charge on any atom is -0.497 e. The molecule has 0 aliphatic carbocycles. The zero-order chi connectivity index (χ0) is 19.8. The highest BCUT2D eigenvalue weighted by molar-refractivity contribution is 7.10. The number of carbonyl (C=O) groups excluding carboxylic acids is 1. The summed E-state index contributed by atoms with van der Waals surface area (Å²) in [6, 6.07) is 15.0. The fourth-order valence-corrected chi connectivity index (χ4v) is 4.64. The zero-order valence-electron chi connectivity index (χ0n) is 15.8. The number of rotatable bonds is 4. The smallest absolute Gasteiger partial charge is 0.308 e. The van der Waals surface area contributed by atoms with E-state index in [1.54, 1.807) is 36.8 Å². The van der Waals surface area contributed by atoms with Crippen molar-refractivity contribution in [1.29, 1.82) is 0 Å². The Balaban J connectivity index is 1.85. The normalized spacial score (nSPS) is 16.0. The maximum atomic E-state index is 13.2. The van der Waals surface area contributed by atoms with Gasteiger partial charge in [0, 0.05) is 25.5 Å². The lowest BCUT2D eigenvalue weighted by Crippen LogP contribution is -2.34. The van der Waals surface area contributed by atoms with Gasteiger partial charge in [-0.1, -0.05) is 29.5 Å². The molecule has 1 aliphatic rings. The Kier molecular flexibility index (Phi) is 4.68. The molecule has 2 heterocycles. The summed E-state index contributed by atoms with van der Waals surface area (Å²) in [6.45, 7) is 0. The number of fused-ring (bicyclic) bond motifs is 1. The van der Waals surface area contributed by atoms with Gasteiger partial charge in [0.15, 0.2) is 0 Å². The Morgan fingerprint density at radius 2 is 1.71 bits per heavy atom. The third-order valence-electron chi connectivity index (χ3n) is 5.00. The summed E-state index contributed by atoms with van der Waals surface area (Å²) in [7, 11) is 4.91. The lowest BCUT2D eigenvalue weighted by atomic mass is 9.90. The molecule has 0 unspecified atom stereocenters. The first-order valence-corrected chi connectivity index (χ1v) is 9.65. The number of hydrogen-bond donors (Lipinski definition) is 0. The summed E-state index contributed by atoms with van der Waals surface area (Å²) >= 11 is 1.19. The van der Waals surface area contributed by atoms with Crippen LogP contribution in [0, 0.1) is 0 Å². The molecule has 0 saturated heterocycles. The van der Waals surface area contributed by atoms with Crippen LogP contribution in [0.3, 0.4) is 0 Å². The van der Waals surface area contributed by atoms with Crippen LogP contribution in [-0.4, -0.2) is 24.7 Å². The van der Waals surface area contributed by atoms with E-state index in [1.165, 1.54) is 11.3 Å². The van der Waals surface area contributed by atoms with Gasteiger partial charge in [0.25, 0.3) is 0 Å². The first-order valence-electron chi connectivity index (χ1n) is 8.84. The van der Waals surface area contributed by atoms with E-state index in [-0.39, 0.29) is 23.1 Å². The molecular formula is C21H20N2O4S. The van der Waals surface area contributed by atoms with Crippen LogP contribution in [0.15, 0.2) is 53.3 Å². The molecule has 0 saturated carbocycles. The van der Waals surface area contributed by atoms with Gasteiger partial charge in [-0.05, 0) is 29.8 Å². The third kappa shape index (κ3) is 2.97. The van der Waals surface area contributed by atoms with Crippen molar-refractivity contribution in [1.82, 2.24) is 4.57 Å². The van der Waals surface area contributed by atoms with Crippen molar-refractivity contribution in [3.63, 3.8) is 0 Å². The fourth-order valence-electron chi connectivity index (χ4n) is 3.55. The van der Waals surface area contributed by atoms with E-state index in [4.69, 9.17) is 9.47 Å². The SMILES string of the molecule is COc1ccc([C@H]2CC(=O)N(c3cccc(OC)c3)c3c2sc(=O)n3C)cc1. The number of aromatic nitrogens is 1. The Morgan fingerprint density at radius 3 is 2.39 bits per heavy atom.